The van der Waals surface area contributed by atoms with Crippen molar-refractivity contribution < 1.29 is 4.74 Å². The summed E-state index contributed by atoms with van der Waals surface area (Å²) >= 11 is 0. The molecule has 1 aliphatic rings. The third-order valence-corrected chi connectivity index (χ3v) is 5.69. The lowest BCUT2D eigenvalue weighted by Crippen LogP contribution is -2.28. The van der Waals surface area contributed by atoms with Crippen LogP contribution in [0.4, 0.5) is 0 Å². The van der Waals surface area contributed by atoms with E-state index in [9.17, 15) is 0 Å². The maximum Gasteiger partial charge on any atom is 0.119 e. The minimum absolute atomic E-state index is 0.532. The minimum atomic E-state index is 0.532. The molecule has 0 radical (unpaired) electrons. The average molecular weight is 404 g/mol. The molecular formula is C26H33N3O. The highest BCUT2D eigenvalue weighted by molar-refractivity contribution is 5.29. The lowest BCUT2D eigenvalue weighted by atomic mass is 9.94. The molecular weight excluding hydrogens is 370 g/mol. The monoisotopic (exact) mass is 403 g/mol. The summed E-state index contributed by atoms with van der Waals surface area (Å²) in [5.74, 6) is 2.05. The predicted octanol–water partition coefficient (Wildman–Crippen LogP) is 5.02. The Hall–Kier alpha value is -2.59. The Morgan fingerprint density at radius 3 is 2.43 bits per heavy atom. The fourth-order valence-corrected chi connectivity index (χ4v) is 4.08. The number of nitrogens with zero attached hydrogens (tertiary/aromatic N) is 2. The number of nitrogens with one attached hydrogen (secondary N) is 1. The summed E-state index contributed by atoms with van der Waals surface area (Å²) in [4.78, 5) is 0. The van der Waals surface area contributed by atoms with Crippen molar-refractivity contribution in [3.63, 3.8) is 0 Å². The van der Waals surface area contributed by atoms with E-state index < -0.39 is 0 Å². The van der Waals surface area contributed by atoms with Crippen molar-refractivity contribution in [2.75, 3.05) is 19.7 Å². The summed E-state index contributed by atoms with van der Waals surface area (Å²) in [6.45, 7) is 8.07. The van der Waals surface area contributed by atoms with E-state index in [2.05, 4.69) is 84.5 Å². The molecule has 0 saturated carbocycles. The summed E-state index contributed by atoms with van der Waals surface area (Å²) in [5, 5.41) is 8.51. The molecule has 1 saturated heterocycles. The molecule has 0 aliphatic carbocycles. The predicted molar refractivity (Wildman–Crippen MR) is 122 cm³/mol. The summed E-state index contributed by atoms with van der Waals surface area (Å²) in [6, 6.07) is 21.5. The van der Waals surface area contributed by atoms with Crippen LogP contribution in [-0.2, 0) is 13.0 Å². The lowest BCUT2D eigenvalue weighted by Gasteiger charge is -2.23. The summed E-state index contributed by atoms with van der Waals surface area (Å²) in [7, 11) is 0. The van der Waals surface area contributed by atoms with Crippen molar-refractivity contribution in [2.45, 2.75) is 45.6 Å². The molecule has 158 valence electrons. The van der Waals surface area contributed by atoms with Crippen LogP contribution in [0.5, 0.6) is 5.75 Å². The average Bonchev–Trinajstić information content (AvgIpc) is 3.16. The molecule has 4 rings (SSSR count). The number of hydrogen-bond acceptors (Lipinski definition) is 3. The molecule has 2 heterocycles. The highest BCUT2D eigenvalue weighted by atomic mass is 16.5. The van der Waals surface area contributed by atoms with Gasteiger partial charge in [0.1, 0.15) is 5.75 Å². The van der Waals surface area contributed by atoms with Gasteiger partial charge in [-0.3, -0.25) is 4.68 Å². The normalized spacial score (nSPS) is 14.9. The standard InChI is InChI=1S/C26H33N3O/c1-20(2)19-30-25-10-8-22(9-11-25)18-29-26(23-12-14-27-15-13-23)17-24(28-29)16-21-6-4-3-5-7-21/h3-11,17,20,23,27H,12-16,18-19H2,1-2H3. The van der Waals surface area contributed by atoms with Gasteiger partial charge in [-0.1, -0.05) is 56.3 Å². The van der Waals surface area contributed by atoms with Crippen LogP contribution < -0.4 is 10.1 Å². The first kappa shape index (κ1) is 20.7. The van der Waals surface area contributed by atoms with Crippen molar-refractivity contribution in [2.24, 2.45) is 5.92 Å². The van der Waals surface area contributed by atoms with Crippen LogP contribution in [0.3, 0.4) is 0 Å². The lowest BCUT2D eigenvalue weighted by molar-refractivity contribution is 0.271. The highest BCUT2D eigenvalue weighted by Gasteiger charge is 2.21. The molecule has 4 heteroatoms. The number of benzene rings is 2. The van der Waals surface area contributed by atoms with Gasteiger partial charge in [0.25, 0.3) is 0 Å². The maximum absolute atomic E-state index is 5.83. The van der Waals surface area contributed by atoms with Gasteiger partial charge in [0.15, 0.2) is 0 Å². The second-order valence-electron chi connectivity index (χ2n) is 8.75. The van der Waals surface area contributed by atoms with E-state index in [4.69, 9.17) is 9.84 Å². The maximum atomic E-state index is 5.83. The van der Waals surface area contributed by atoms with Gasteiger partial charge in [-0.25, -0.2) is 0 Å². The Balaban J connectivity index is 1.52. The molecule has 2 aromatic carbocycles. The van der Waals surface area contributed by atoms with Gasteiger partial charge in [-0.05, 0) is 61.2 Å². The molecule has 0 bridgehead atoms. The van der Waals surface area contributed by atoms with E-state index in [1.54, 1.807) is 0 Å². The largest absolute Gasteiger partial charge is 0.493 e. The Morgan fingerprint density at radius 2 is 1.73 bits per heavy atom. The Bertz CT molecular complexity index is 909. The molecule has 1 fully saturated rings. The first-order valence-corrected chi connectivity index (χ1v) is 11.2. The highest BCUT2D eigenvalue weighted by Crippen LogP contribution is 2.27. The molecule has 1 aliphatic heterocycles. The zero-order chi connectivity index (χ0) is 20.8. The van der Waals surface area contributed by atoms with Gasteiger partial charge < -0.3 is 10.1 Å². The fraction of sp³-hybridized carbons (Fsp3) is 0.423. The number of aromatic nitrogens is 2. The van der Waals surface area contributed by atoms with Crippen LogP contribution in [0.2, 0.25) is 0 Å². The van der Waals surface area contributed by atoms with E-state index in [0.717, 1.165) is 44.1 Å². The Kier molecular flexibility index (Phi) is 6.85. The fourth-order valence-electron chi connectivity index (χ4n) is 4.08. The van der Waals surface area contributed by atoms with Crippen LogP contribution in [0.1, 0.15) is 55.1 Å². The Morgan fingerprint density at radius 1 is 1.00 bits per heavy atom. The molecule has 0 amide bonds. The van der Waals surface area contributed by atoms with Crippen LogP contribution >= 0.6 is 0 Å². The van der Waals surface area contributed by atoms with E-state index in [0.29, 0.717) is 11.8 Å². The van der Waals surface area contributed by atoms with Gasteiger partial charge in [0.05, 0.1) is 18.8 Å². The van der Waals surface area contributed by atoms with Crippen LogP contribution in [0.15, 0.2) is 60.7 Å². The molecule has 30 heavy (non-hydrogen) atoms. The zero-order valence-corrected chi connectivity index (χ0v) is 18.2. The van der Waals surface area contributed by atoms with E-state index in [-0.39, 0.29) is 0 Å². The third kappa shape index (κ3) is 5.51. The quantitative estimate of drug-likeness (QED) is 0.574. The van der Waals surface area contributed by atoms with Crippen molar-refractivity contribution in [3.8, 4) is 5.75 Å². The van der Waals surface area contributed by atoms with Gasteiger partial charge in [0, 0.05) is 18.0 Å². The minimum Gasteiger partial charge on any atom is -0.493 e. The number of rotatable bonds is 8. The topological polar surface area (TPSA) is 39.1 Å². The number of hydrogen-bond donors (Lipinski definition) is 1. The summed E-state index contributed by atoms with van der Waals surface area (Å²) < 4.78 is 8.07. The molecule has 1 N–H and O–H groups in total. The second-order valence-corrected chi connectivity index (χ2v) is 8.75. The van der Waals surface area contributed by atoms with Crippen LogP contribution in [0.25, 0.3) is 0 Å². The smallest absolute Gasteiger partial charge is 0.119 e. The van der Waals surface area contributed by atoms with Crippen molar-refractivity contribution in [1.82, 2.24) is 15.1 Å². The summed E-state index contributed by atoms with van der Waals surface area (Å²) in [6.07, 6.45) is 3.24. The van der Waals surface area contributed by atoms with Crippen molar-refractivity contribution in [1.29, 1.82) is 0 Å². The van der Waals surface area contributed by atoms with E-state index in [1.165, 1.54) is 29.7 Å². The number of piperidine rings is 1. The number of ether oxygens (including phenoxy) is 1. The molecule has 0 atom stereocenters. The molecule has 0 unspecified atom stereocenters. The van der Waals surface area contributed by atoms with Crippen LogP contribution in [0, 0.1) is 5.92 Å². The van der Waals surface area contributed by atoms with Crippen molar-refractivity contribution in [3.05, 3.63) is 83.2 Å². The van der Waals surface area contributed by atoms with E-state index >= 15 is 0 Å². The third-order valence-electron chi connectivity index (χ3n) is 5.69. The molecule has 4 nitrogen and oxygen atoms in total. The summed E-state index contributed by atoms with van der Waals surface area (Å²) in [5.41, 5.74) is 5.11. The van der Waals surface area contributed by atoms with E-state index in [1.807, 2.05) is 0 Å². The first-order valence-electron chi connectivity index (χ1n) is 11.2. The SMILES string of the molecule is CC(C)COc1ccc(Cn2nc(Cc3ccccc3)cc2C2CCNCC2)cc1. The van der Waals surface area contributed by atoms with Gasteiger partial charge in [-0.15, -0.1) is 0 Å². The molecule has 3 aromatic rings. The Labute approximate surface area is 180 Å². The molecule has 0 spiro atoms. The second kappa shape index (κ2) is 9.94. The van der Waals surface area contributed by atoms with Crippen molar-refractivity contribution >= 4 is 0 Å². The van der Waals surface area contributed by atoms with Crippen LogP contribution in [-0.4, -0.2) is 29.5 Å². The van der Waals surface area contributed by atoms with Gasteiger partial charge >= 0.3 is 0 Å². The van der Waals surface area contributed by atoms with Gasteiger partial charge in [0.2, 0.25) is 0 Å². The first-order chi connectivity index (χ1) is 14.7. The van der Waals surface area contributed by atoms with Gasteiger partial charge in [-0.2, -0.15) is 5.10 Å². The molecule has 1 aromatic heterocycles. The zero-order valence-electron chi connectivity index (χ0n) is 18.2.